The Bertz CT molecular complexity index is 1340. The molecule has 1 aromatic carbocycles. The summed E-state index contributed by atoms with van der Waals surface area (Å²) in [5, 5.41) is 51.7. The summed E-state index contributed by atoms with van der Waals surface area (Å²) in [6.45, 7) is 0. The lowest BCUT2D eigenvalue weighted by Crippen LogP contribution is -2.58. The number of phenols is 1. The van der Waals surface area contributed by atoms with Gasteiger partial charge in [0.05, 0.1) is 11.8 Å². The number of phenolic OH excluding ortho intramolecular Hbond substituents is 1. The maximum absolute atomic E-state index is 13.5. The van der Waals surface area contributed by atoms with Gasteiger partial charge in [-0.2, -0.15) is 15.0 Å². The van der Waals surface area contributed by atoms with E-state index in [1.807, 2.05) is 0 Å². The predicted molar refractivity (Wildman–Crippen MR) is 111 cm³/mol. The van der Waals surface area contributed by atoms with Crippen molar-refractivity contribution in [2.75, 3.05) is 0 Å². The van der Waals surface area contributed by atoms with E-state index in [9.17, 15) is 34.8 Å². The minimum absolute atomic E-state index is 0.0188. The quantitative estimate of drug-likeness (QED) is 0.397. The number of nitrogens with zero attached hydrogens (tertiary/aromatic N) is 3. The number of aryl methyl sites for hydroxylation is 1. The summed E-state index contributed by atoms with van der Waals surface area (Å²) >= 11 is 0. The zero-order valence-electron chi connectivity index (χ0n) is 17.4. The summed E-state index contributed by atoms with van der Waals surface area (Å²) < 4.78 is 0. The molecule has 1 fully saturated rings. The third kappa shape index (κ3) is 2.68. The average Bonchev–Trinajstić information content (AvgIpc) is 3.16. The summed E-state index contributed by atoms with van der Waals surface area (Å²) in [6.07, 6.45) is 1.44. The molecule has 3 aliphatic carbocycles. The third-order valence-electron chi connectivity index (χ3n) is 6.82. The molecule has 3 unspecified atom stereocenters. The van der Waals surface area contributed by atoms with Gasteiger partial charge in [0.1, 0.15) is 28.5 Å². The van der Waals surface area contributed by atoms with Crippen molar-refractivity contribution in [3.8, 4) is 17.0 Å². The van der Waals surface area contributed by atoms with Crippen LogP contribution in [-0.4, -0.2) is 58.5 Å². The normalized spacial score (nSPS) is 26.7. The van der Waals surface area contributed by atoms with Gasteiger partial charge in [-0.1, -0.05) is 0 Å². The van der Waals surface area contributed by atoms with Crippen LogP contribution in [0.2, 0.25) is 0 Å². The van der Waals surface area contributed by atoms with Crippen molar-refractivity contribution in [2.24, 2.45) is 24.6 Å². The molecule has 0 radical (unpaired) electrons. The Labute approximate surface area is 186 Å². The number of hydrogen-bond donors (Lipinski definition) is 5. The van der Waals surface area contributed by atoms with Gasteiger partial charge in [-0.25, -0.2) is 0 Å². The zero-order valence-corrected chi connectivity index (χ0v) is 17.4. The number of aromatic hydroxyl groups is 1. The molecule has 0 aliphatic heterocycles. The Hall–Kier alpha value is -3.99. The fourth-order valence-electron chi connectivity index (χ4n) is 5.33. The van der Waals surface area contributed by atoms with Crippen LogP contribution in [0.4, 0.5) is 0 Å². The number of rotatable bonds is 2. The van der Waals surface area contributed by atoms with Gasteiger partial charge in [-0.05, 0) is 36.5 Å². The number of fused-ring (bicyclic) bond motifs is 3. The fraction of sp³-hybridized carbons (Fsp3) is 0.318. The Balaban J connectivity index is 1.71. The SMILES string of the molecule is Cn1ncc(-c2ccc(O)c3c2CC2CC4CC(=O)C(C(N)=O)=C(O)C4(O)C(=O)C2=C3O)n1. The number of aromatic nitrogens is 3. The van der Waals surface area contributed by atoms with Gasteiger partial charge >= 0.3 is 0 Å². The van der Waals surface area contributed by atoms with Gasteiger partial charge in [0.2, 0.25) is 5.78 Å². The molecule has 5 rings (SSSR count). The van der Waals surface area contributed by atoms with Gasteiger partial charge < -0.3 is 26.2 Å². The minimum Gasteiger partial charge on any atom is -0.508 e. The Kier molecular flexibility index (Phi) is 4.27. The lowest BCUT2D eigenvalue weighted by atomic mass is 9.59. The molecular weight excluding hydrogens is 432 g/mol. The highest BCUT2D eigenvalue weighted by Crippen LogP contribution is 2.52. The van der Waals surface area contributed by atoms with E-state index in [0.717, 1.165) is 0 Å². The van der Waals surface area contributed by atoms with Crippen molar-refractivity contribution < 1.29 is 34.8 Å². The molecular formula is C22H20N4O7. The van der Waals surface area contributed by atoms with E-state index in [0.29, 0.717) is 16.8 Å². The second kappa shape index (κ2) is 6.75. The van der Waals surface area contributed by atoms with Crippen LogP contribution in [0.3, 0.4) is 0 Å². The number of ketones is 2. The van der Waals surface area contributed by atoms with Crippen molar-refractivity contribution in [3.05, 3.63) is 46.4 Å². The Morgan fingerprint density at radius 1 is 1.21 bits per heavy atom. The maximum atomic E-state index is 13.5. The number of nitrogens with two attached hydrogens (primary N) is 1. The summed E-state index contributed by atoms with van der Waals surface area (Å²) in [6, 6.07) is 2.99. The second-order valence-corrected chi connectivity index (χ2v) is 8.61. The van der Waals surface area contributed by atoms with E-state index in [4.69, 9.17) is 5.73 Å². The molecule has 0 spiro atoms. The highest BCUT2D eigenvalue weighted by atomic mass is 16.3. The lowest BCUT2D eigenvalue weighted by molar-refractivity contribution is -0.147. The monoisotopic (exact) mass is 452 g/mol. The molecule has 0 bridgehead atoms. The first-order chi connectivity index (χ1) is 15.6. The van der Waals surface area contributed by atoms with Crippen molar-refractivity contribution in [3.63, 3.8) is 0 Å². The van der Waals surface area contributed by atoms with Crippen LogP contribution in [0.5, 0.6) is 5.75 Å². The van der Waals surface area contributed by atoms with Gasteiger partial charge in [0.25, 0.3) is 5.91 Å². The molecule has 1 saturated carbocycles. The molecule has 1 aromatic heterocycles. The first-order valence-corrected chi connectivity index (χ1v) is 10.2. The highest BCUT2D eigenvalue weighted by molar-refractivity contribution is 6.22. The smallest absolute Gasteiger partial charge is 0.255 e. The van der Waals surface area contributed by atoms with Gasteiger partial charge in [-0.15, -0.1) is 0 Å². The summed E-state index contributed by atoms with van der Waals surface area (Å²) in [5.41, 5.74) is 3.28. The number of carbonyl (C=O) groups excluding carboxylic acids is 3. The van der Waals surface area contributed by atoms with Crippen molar-refractivity contribution in [1.82, 2.24) is 15.0 Å². The standard InChI is InChI=1S/C22H20N4O7/c1-26-24-7-12(25-26)10-2-3-13(27)16-11(10)5-8-4-9-6-14(28)17(21(23)32)20(31)22(9,33)19(30)15(8)18(16)29/h2-3,7-9,27,29,31,33H,4-6H2,1H3,(H2,23,32). The van der Waals surface area contributed by atoms with E-state index in [1.54, 1.807) is 13.1 Å². The van der Waals surface area contributed by atoms with E-state index < -0.39 is 52.0 Å². The molecule has 11 heteroatoms. The number of primary amides is 1. The molecule has 11 nitrogen and oxygen atoms in total. The number of amides is 1. The summed E-state index contributed by atoms with van der Waals surface area (Å²) in [5.74, 6) is -6.57. The van der Waals surface area contributed by atoms with Gasteiger partial charge in [-0.3, -0.25) is 14.4 Å². The lowest BCUT2D eigenvalue weighted by Gasteiger charge is -2.46. The van der Waals surface area contributed by atoms with Crippen molar-refractivity contribution >= 4 is 23.2 Å². The molecule has 2 aromatic rings. The first-order valence-electron chi connectivity index (χ1n) is 10.2. The molecule has 3 aliphatic rings. The molecule has 33 heavy (non-hydrogen) atoms. The zero-order chi connectivity index (χ0) is 23.8. The number of benzene rings is 1. The van der Waals surface area contributed by atoms with Gasteiger partial charge in [0, 0.05) is 30.5 Å². The van der Waals surface area contributed by atoms with Crippen molar-refractivity contribution in [1.29, 1.82) is 0 Å². The maximum Gasteiger partial charge on any atom is 0.255 e. The third-order valence-corrected chi connectivity index (χ3v) is 6.82. The first kappa shape index (κ1) is 20.9. The van der Waals surface area contributed by atoms with Crippen LogP contribution >= 0.6 is 0 Å². The number of hydrogen-bond acceptors (Lipinski definition) is 9. The van der Waals surface area contributed by atoms with Crippen LogP contribution in [0.15, 0.2) is 35.2 Å². The average molecular weight is 452 g/mol. The molecule has 6 N–H and O–H groups in total. The van der Waals surface area contributed by atoms with E-state index in [2.05, 4.69) is 10.2 Å². The number of carbonyl (C=O) groups is 3. The Morgan fingerprint density at radius 2 is 1.94 bits per heavy atom. The molecule has 3 atom stereocenters. The molecule has 0 saturated heterocycles. The number of aliphatic hydroxyl groups excluding tert-OH is 2. The minimum atomic E-state index is -2.58. The molecule has 170 valence electrons. The van der Waals surface area contributed by atoms with Crippen LogP contribution < -0.4 is 5.73 Å². The van der Waals surface area contributed by atoms with Crippen molar-refractivity contribution in [2.45, 2.75) is 24.9 Å². The molecule has 1 heterocycles. The van der Waals surface area contributed by atoms with Crippen LogP contribution in [0.25, 0.3) is 17.0 Å². The number of aliphatic hydroxyl groups is 3. The van der Waals surface area contributed by atoms with E-state index in [-0.39, 0.29) is 36.1 Å². The van der Waals surface area contributed by atoms with Crippen LogP contribution in [-0.2, 0) is 27.9 Å². The fourth-order valence-corrected chi connectivity index (χ4v) is 5.33. The highest BCUT2D eigenvalue weighted by Gasteiger charge is 2.60. The van der Waals surface area contributed by atoms with E-state index in [1.165, 1.54) is 17.1 Å². The second-order valence-electron chi connectivity index (χ2n) is 8.61. The molecule has 1 amide bonds. The largest absolute Gasteiger partial charge is 0.508 e. The summed E-state index contributed by atoms with van der Waals surface area (Å²) in [4.78, 5) is 38.9. The number of Topliss-reactive ketones (excluding diaryl/α,β-unsaturated/α-hetero) is 2. The van der Waals surface area contributed by atoms with E-state index >= 15 is 0 Å². The predicted octanol–water partition coefficient (Wildman–Crippen LogP) is 0.219. The van der Waals surface area contributed by atoms with Gasteiger partial charge in [0.15, 0.2) is 11.4 Å². The Morgan fingerprint density at radius 3 is 2.58 bits per heavy atom. The van der Waals surface area contributed by atoms with Crippen LogP contribution in [0, 0.1) is 11.8 Å². The topological polar surface area (TPSA) is 189 Å². The summed E-state index contributed by atoms with van der Waals surface area (Å²) in [7, 11) is 1.65. The van der Waals surface area contributed by atoms with Crippen LogP contribution in [0.1, 0.15) is 24.0 Å².